The summed E-state index contributed by atoms with van der Waals surface area (Å²) in [6.07, 6.45) is 0. The highest BCUT2D eigenvalue weighted by Gasteiger charge is 2.13. The molecule has 0 fully saturated rings. The van der Waals surface area contributed by atoms with Crippen LogP contribution in [0.4, 0.5) is 0 Å². The Hall–Kier alpha value is -2.40. The van der Waals surface area contributed by atoms with Crippen molar-refractivity contribution >= 4 is 32.8 Å². The molecule has 3 aromatic rings. The third-order valence-corrected chi connectivity index (χ3v) is 3.94. The van der Waals surface area contributed by atoms with Crippen LogP contribution >= 0.6 is 15.9 Å². The monoisotopic (exact) mass is 385 g/mol. The van der Waals surface area contributed by atoms with E-state index in [1.165, 1.54) is 0 Å². The van der Waals surface area contributed by atoms with Crippen LogP contribution in [0.2, 0.25) is 0 Å². The van der Waals surface area contributed by atoms with E-state index in [4.69, 9.17) is 9.47 Å². The molecule has 0 spiro atoms. The number of nitrogens with zero attached hydrogens (tertiary/aromatic N) is 1. The summed E-state index contributed by atoms with van der Waals surface area (Å²) in [6.45, 7) is 2.34. The molecule has 1 aromatic heterocycles. The second-order valence-corrected chi connectivity index (χ2v) is 6.19. The van der Waals surface area contributed by atoms with Gasteiger partial charge in [0, 0.05) is 15.6 Å². The van der Waals surface area contributed by atoms with Gasteiger partial charge < -0.3 is 9.47 Å². The van der Waals surface area contributed by atoms with Crippen LogP contribution in [-0.2, 0) is 4.74 Å². The van der Waals surface area contributed by atoms with Crippen molar-refractivity contribution < 1.29 is 14.3 Å². The van der Waals surface area contributed by atoms with Gasteiger partial charge in [-0.25, -0.2) is 4.79 Å². The average Bonchev–Trinajstić information content (AvgIpc) is 2.58. The summed E-state index contributed by atoms with van der Waals surface area (Å²) in [5.41, 5.74) is 2.10. The van der Waals surface area contributed by atoms with Gasteiger partial charge in [0.1, 0.15) is 19.0 Å². The van der Waals surface area contributed by atoms with Crippen LogP contribution in [0.5, 0.6) is 5.75 Å². The van der Waals surface area contributed by atoms with Crippen LogP contribution in [0.15, 0.2) is 59.1 Å². The number of rotatable bonds is 5. The number of hydrogen-bond acceptors (Lipinski definition) is 4. The van der Waals surface area contributed by atoms with Crippen LogP contribution in [0.1, 0.15) is 16.1 Å². The van der Waals surface area contributed by atoms with Crippen molar-refractivity contribution in [3.8, 4) is 5.75 Å². The van der Waals surface area contributed by atoms with Gasteiger partial charge >= 0.3 is 5.97 Å². The number of carbonyl (C=O) groups excluding carboxylic acids is 1. The highest BCUT2D eigenvalue weighted by Crippen LogP contribution is 2.20. The first kappa shape index (κ1) is 16.5. The molecule has 0 radical (unpaired) electrons. The molecule has 122 valence electrons. The molecular formula is C19H16BrNO3. The fourth-order valence-corrected chi connectivity index (χ4v) is 2.78. The number of hydrogen-bond donors (Lipinski definition) is 0. The van der Waals surface area contributed by atoms with Gasteiger partial charge in [-0.2, -0.15) is 0 Å². The first-order valence-electron chi connectivity index (χ1n) is 7.55. The molecule has 0 amide bonds. The quantitative estimate of drug-likeness (QED) is 0.477. The van der Waals surface area contributed by atoms with E-state index < -0.39 is 0 Å². The molecule has 0 bridgehead atoms. The van der Waals surface area contributed by atoms with E-state index in [1.54, 1.807) is 6.07 Å². The van der Waals surface area contributed by atoms with Crippen LogP contribution in [0, 0.1) is 6.92 Å². The minimum Gasteiger partial charge on any atom is -0.490 e. The lowest BCUT2D eigenvalue weighted by atomic mass is 10.1. The molecule has 0 unspecified atom stereocenters. The molecule has 24 heavy (non-hydrogen) atoms. The Morgan fingerprint density at radius 3 is 2.75 bits per heavy atom. The number of pyridine rings is 1. The number of aryl methyl sites for hydroxylation is 1. The maximum atomic E-state index is 12.4. The smallest absolute Gasteiger partial charge is 0.339 e. The summed E-state index contributed by atoms with van der Waals surface area (Å²) in [5, 5.41) is 0.793. The lowest BCUT2D eigenvalue weighted by Crippen LogP contribution is -2.13. The van der Waals surface area contributed by atoms with E-state index in [0.29, 0.717) is 12.2 Å². The van der Waals surface area contributed by atoms with Gasteiger partial charge in [-0.1, -0.05) is 40.2 Å². The van der Waals surface area contributed by atoms with Gasteiger partial charge in [0.15, 0.2) is 0 Å². The second kappa shape index (κ2) is 7.45. The Bertz CT molecular complexity index is 879. The van der Waals surface area contributed by atoms with E-state index in [1.807, 2.05) is 55.5 Å². The molecule has 0 saturated heterocycles. The maximum absolute atomic E-state index is 12.4. The van der Waals surface area contributed by atoms with Gasteiger partial charge in [0.05, 0.1) is 11.1 Å². The van der Waals surface area contributed by atoms with E-state index in [2.05, 4.69) is 20.9 Å². The molecule has 0 aliphatic heterocycles. The predicted octanol–water partition coefficient (Wildman–Crippen LogP) is 4.54. The molecule has 0 atom stereocenters. The summed E-state index contributed by atoms with van der Waals surface area (Å²) >= 11 is 3.38. The van der Waals surface area contributed by atoms with E-state index in [-0.39, 0.29) is 12.6 Å². The fourth-order valence-electron chi connectivity index (χ4n) is 2.41. The summed E-state index contributed by atoms with van der Waals surface area (Å²) in [4.78, 5) is 16.8. The Kier molecular flexibility index (Phi) is 5.11. The number of para-hydroxylation sites is 1. The molecule has 0 aliphatic carbocycles. The number of benzene rings is 2. The normalized spacial score (nSPS) is 10.6. The number of halogens is 1. The Morgan fingerprint density at radius 2 is 1.92 bits per heavy atom. The largest absolute Gasteiger partial charge is 0.490 e. The van der Waals surface area contributed by atoms with Gasteiger partial charge in [-0.3, -0.25) is 4.98 Å². The topological polar surface area (TPSA) is 48.4 Å². The summed E-state index contributed by atoms with van der Waals surface area (Å²) in [6, 6.07) is 16.8. The van der Waals surface area contributed by atoms with Crippen molar-refractivity contribution in [1.29, 1.82) is 0 Å². The minimum absolute atomic E-state index is 0.182. The number of aromatic nitrogens is 1. The number of ether oxygens (including phenoxy) is 2. The lowest BCUT2D eigenvalue weighted by Gasteiger charge is -2.09. The van der Waals surface area contributed by atoms with Gasteiger partial charge in [-0.05, 0) is 37.3 Å². The van der Waals surface area contributed by atoms with Crippen molar-refractivity contribution in [3.63, 3.8) is 0 Å². The Morgan fingerprint density at radius 1 is 1.08 bits per heavy atom. The molecule has 5 heteroatoms. The summed E-state index contributed by atoms with van der Waals surface area (Å²) in [5.74, 6) is 0.361. The molecule has 3 rings (SSSR count). The predicted molar refractivity (Wildman–Crippen MR) is 96.4 cm³/mol. The van der Waals surface area contributed by atoms with E-state index >= 15 is 0 Å². The minimum atomic E-state index is -0.366. The van der Waals surface area contributed by atoms with Gasteiger partial charge in [0.2, 0.25) is 0 Å². The van der Waals surface area contributed by atoms with Gasteiger partial charge in [0.25, 0.3) is 0 Å². The molecule has 0 aliphatic rings. The van der Waals surface area contributed by atoms with Crippen LogP contribution in [0.25, 0.3) is 10.9 Å². The van der Waals surface area contributed by atoms with Gasteiger partial charge in [-0.15, -0.1) is 0 Å². The maximum Gasteiger partial charge on any atom is 0.339 e. The highest BCUT2D eigenvalue weighted by atomic mass is 79.9. The first-order valence-corrected chi connectivity index (χ1v) is 8.34. The Balaban J connectivity index is 1.63. The van der Waals surface area contributed by atoms with Crippen molar-refractivity contribution in [2.75, 3.05) is 13.2 Å². The SMILES string of the molecule is Cc1cc(C(=O)OCCOc2cccc(Br)c2)c2ccccc2n1. The van der Waals surface area contributed by atoms with Crippen molar-refractivity contribution in [3.05, 3.63) is 70.3 Å². The second-order valence-electron chi connectivity index (χ2n) is 5.27. The standard InChI is InChI=1S/C19H16BrNO3/c1-13-11-17(16-7-2-3-8-18(16)21-13)19(22)24-10-9-23-15-6-4-5-14(20)12-15/h2-8,11-12H,9-10H2,1H3. The third kappa shape index (κ3) is 3.92. The lowest BCUT2D eigenvalue weighted by molar-refractivity contribution is 0.0452. The first-order chi connectivity index (χ1) is 11.6. The zero-order chi connectivity index (χ0) is 16.9. The molecule has 4 nitrogen and oxygen atoms in total. The molecule has 2 aromatic carbocycles. The number of carbonyl (C=O) groups is 1. The van der Waals surface area contributed by atoms with Crippen LogP contribution in [0.3, 0.4) is 0 Å². The number of esters is 1. The Labute approximate surface area is 148 Å². The van der Waals surface area contributed by atoms with Crippen molar-refractivity contribution in [2.24, 2.45) is 0 Å². The van der Waals surface area contributed by atoms with Crippen molar-refractivity contribution in [1.82, 2.24) is 4.98 Å². The highest BCUT2D eigenvalue weighted by molar-refractivity contribution is 9.10. The van der Waals surface area contributed by atoms with E-state index in [9.17, 15) is 4.79 Å². The fraction of sp³-hybridized carbons (Fsp3) is 0.158. The molecule has 0 saturated carbocycles. The molecular weight excluding hydrogens is 370 g/mol. The number of fused-ring (bicyclic) bond motifs is 1. The average molecular weight is 386 g/mol. The summed E-state index contributed by atoms with van der Waals surface area (Å²) < 4.78 is 11.8. The van der Waals surface area contributed by atoms with Crippen LogP contribution in [-0.4, -0.2) is 24.2 Å². The zero-order valence-electron chi connectivity index (χ0n) is 13.2. The molecule has 0 N–H and O–H groups in total. The zero-order valence-corrected chi connectivity index (χ0v) is 14.7. The third-order valence-electron chi connectivity index (χ3n) is 3.45. The summed E-state index contributed by atoms with van der Waals surface area (Å²) in [7, 11) is 0. The van der Waals surface area contributed by atoms with Crippen LogP contribution < -0.4 is 4.74 Å². The van der Waals surface area contributed by atoms with Crippen molar-refractivity contribution in [2.45, 2.75) is 6.92 Å². The molecule has 1 heterocycles. The van der Waals surface area contributed by atoms with E-state index in [0.717, 1.165) is 26.8 Å².